The van der Waals surface area contributed by atoms with Crippen LogP contribution in [0.1, 0.15) is 0 Å². The molecule has 13 heavy (non-hydrogen) atoms. The van der Waals surface area contributed by atoms with Gasteiger partial charge in [-0.25, -0.2) is 0 Å². The number of H-pyrrole nitrogens is 1. The van der Waals surface area contributed by atoms with E-state index in [-0.39, 0.29) is 5.75 Å². The number of phenols is 1. The highest BCUT2D eigenvalue weighted by atomic mass is 16.3. The van der Waals surface area contributed by atoms with E-state index in [4.69, 9.17) is 5.73 Å². The van der Waals surface area contributed by atoms with Gasteiger partial charge in [0, 0.05) is 29.2 Å². The lowest BCUT2D eigenvalue weighted by molar-refractivity contribution is 0.477. The molecule has 0 spiro atoms. The van der Waals surface area contributed by atoms with Crippen LogP contribution in [0.3, 0.4) is 0 Å². The lowest BCUT2D eigenvalue weighted by atomic mass is 10.1. The summed E-state index contributed by atoms with van der Waals surface area (Å²) in [5.41, 5.74) is 7.90. The van der Waals surface area contributed by atoms with Crippen molar-refractivity contribution in [2.75, 3.05) is 5.73 Å². The molecular weight excluding hydrogens is 164 g/mol. The molecule has 1 heterocycles. The van der Waals surface area contributed by atoms with Gasteiger partial charge in [-0.2, -0.15) is 0 Å². The van der Waals surface area contributed by atoms with Crippen molar-refractivity contribution < 1.29 is 5.11 Å². The molecule has 0 unspecified atom stereocenters. The molecule has 3 nitrogen and oxygen atoms in total. The molecule has 0 fully saturated rings. The highest BCUT2D eigenvalue weighted by molar-refractivity contribution is 5.81. The number of nitrogen functional groups attached to an aromatic ring is 1. The molecule has 0 saturated heterocycles. The molecule has 3 heteroatoms. The van der Waals surface area contributed by atoms with Gasteiger partial charge in [-0.3, -0.25) is 0 Å². The van der Waals surface area contributed by atoms with Crippen LogP contribution in [-0.2, 0) is 0 Å². The van der Waals surface area contributed by atoms with Gasteiger partial charge in [0.1, 0.15) is 5.75 Å². The van der Waals surface area contributed by atoms with Gasteiger partial charge in [0.25, 0.3) is 0 Å². The van der Waals surface area contributed by atoms with Crippen LogP contribution < -0.4 is 5.73 Å². The first kappa shape index (κ1) is 7.73. The average molecular weight is 174 g/mol. The lowest BCUT2D eigenvalue weighted by Gasteiger charge is -2.04. The molecule has 0 aliphatic carbocycles. The Labute approximate surface area is 75.8 Å². The Balaban J connectivity index is 2.64. The van der Waals surface area contributed by atoms with Crippen molar-refractivity contribution in [3.63, 3.8) is 0 Å². The predicted molar refractivity (Wildman–Crippen MR) is 52.3 cm³/mol. The summed E-state index contributed by atoms with van der Waals surface area (Å²) in [5.74, 6) is 0.208. The van der Waals surface area contributed by atoms with Crippen LogP contribution in [0, 0.1) is 0 Å². The quantitative estimate of drug-likeness (QED) is 0.579. The molecule has 2 rings (SSSR count). The van der Waals surface area contributed by atoms with Crippen LogP contribution in [-0.4, -0.2) is 10.1 Å². The molecule has 0 saturated carbocycles. The highest BCUT2D eigenvalue weighted by Crippen LogP contribution is 2.33. The molecule has 0 amide bonds. The first-order chi connectivity index (χ1) is 6.29. The van der Waals surface area contributed by atoms with Crippen molar-refractivity contribution in [3.05, 3.63) is 36.7 Å². The largest absolute Gasteiger partial charge is 0.507 e. The summed E-state index contributed by atoms with van der Waals surface area (Å²) < 4.78 is 0. The summed E-state index contributed by atoms with van der Waals surface area (Å²) in [4.78, 5) is 2.92. The minimum Gasteiger partial charge on any atom is -0.507 e. The highest BCUT2D eigenvalue weighted by Gasteiger charge is 2.07. The second-order valence-electron chi connectivity index (χ2n) is 2.84. The molecule has 0 atom stereocenters. The molecular formula is C10H10N2O. The maximum Gasteiger partial charge on any atom is 0.125 e. The van der Waals surface area contributed by atoms with Gasteiger partial charge in [-0.15, -0.1) is 0 Å². The maximum absolute atomic E-state index is 9.57. The molecule has 0 aliphatic heterocycles. The van der Waals surface area contributed by atoms with Crippen molar-refractivity contribution in [1.82, 2.24) is 4.98 Å². The summed E-state index contributed by atoms with van der Waals surface area (Å²) in [6, 6.07) is 6.98. The lowest BCUT2D eigenvalue weighted by Crippen LogP contribution is -1.88. The third-order valence-corrected chi connectivity index (χ3v) is 1.96. The molecule has 1 aromatic carbocycles. The summed E-state index contributed by atoms with van der Waals surface area (Å²) in [6.07, 6.45) is 3.59. The molecule has 1 aromatic heterocycles. The number of aromatic amines is 1. The number of hydrogen-bond acceptors (Lipinski definition) is 2. The van der Waals surface area contributed by atoms with Crippen LogP contribution >= 0.6 is 0 Å². The smallest absolute Gasteiger partial charge is 0.125 e. The number of aromatic nitrogens is 1. The minimum absolute atomic E-state index is 0.208. The summed E-state index contributed by atoms with van der Waals surface area (Å²) in [6.45, 7) is 0. The van der Waals surface area contributed by atoms with Crippen LogP contribution in [0.4, 0.5) is 5.69 Å². The van der Waals surface area contributed by atoms with Crippen LogP contribution in [0.25, 0.3) is 11.1 Å². The second kappa shape index (κ2) is 2.86. The summed E-state index contributed by atoms with van der Waals surface area (Å²) in [7, 11) is 0. The van der Waals surface area contributed by atoms with Gasteiger partial charge in [-0.05, 0) is 18.2 Å². The molecule has 0 aliphatic rings. The SMILES string of the molecule is Nc1cccc(O)c1-c1cc[nH]c1. The number of aromatic hydroxyl groups is 1. The zero-order valence-corrected chi connectivity index (χ0v) is 6.99. The van der Waals surface area contributed by atoms with Gasteiger partial charge in [0.2, 0.25) is 0 Å². The predicted octanol–water partition coefficient (Wildman–Crippen LogP) is 1.97. The first-order valence-corrected chi connectivity index (χ1v) is 3.99. The summed E-state index contributed by atoms with van der Waals surface area (Å²) in [5, 5.41) is 9.57. The van der Waals surface area contributed by atoms with E-state index >= 15 is 0 Å². The van der Waals surface area contributed by atoms with E-state index in [0.717, 1.165) is 5.56 Å². The Morgan fingerprint density at radius 3 is 2.69 bits per heavy atom. The zero-order valence-electron chi connectivity index (χ0n) is 6.99. The van der Waals surface area contributed by atoms with Crippen molar-refractivity contribution in [2.45, 2.75) is 0 Å². The van der Waals surface area contributed by atoms with Crippen molar-refractivity contribution >= 4 is 5.69 Å². The van der Waals surface area contributed by atoms with Crippen LogP contribution in [0.15, 0.2) is 36.7 Å². The van der Waals surface area contributed by atoms with Crippen molar-refractivity contribution in [3.8, 4) is 16.9 Å². The molecule has 2 aromatic rings. The monoisotopic (exact) mass is 174 g/mol. The molecule has 0 radical (unpaired) electrons. The average Bonchev–Trinajstić information content (AvgIpc) is 2.57. The third-order valence-electron chi connectivity index (χ3n) is 1.96. The topological polar surface area (TPSA) is 62.0 Å². The fraction of sp³-hybridized carbons (Fsp3) is 0. The van der Waals surface area contributed by atoms with E-state index in [0.29, 0.717) is 11.3 Å². The van der Waals surface area contributed by atoms with E-state index in [1.54, 1.807) is 30.6 Å². The molecule has 4 N–H and O–H groups in total. The Morgan fingerprint density at radius 1 is 1.23 bits per heavy atom. The van der Waals surface area contributed by atoms with Gasteiger partial charge < -0.3 is 15.8 Å². The van der Waals surface area contributed by atoms with Crippen LogP contribution in [0.2, 0.25) is 0 Å². The minimum atomic E-state index is 0.208. The normalized spacial score (nSPS) is 10.2. The number of phenolic OH excluding ortho intramolecular Hbond substituents is 1. The third kappa shape index (κ3) is 1.24. The standard InChI is InChI=1S/C10H10N2O/c11-8-2-1-3-9(13)10(8)7-4-5-12-6-7/h1-6,12-13H,11H2. The second-order valence-corrected chi connectivity index (χ2v) is 2.84. The Kier molecular flexibility index (Phi) is 1.70. The first-order valence-electron chi connectivity index (χ1n) is 3.99. The van der Waals surface area contributed by atoms with E-state index in [1.165, 1.54) is 0 Å². The van der Waals surface area contributed by atoms with Gasteiger partial charge >= 0.3 is 0 Å². The molecule has 0 bridgehead atoms. The Bertz CT molecular complexity index is 387. The van der Waals surface area contributed by atoms with Gasteiger partial charge in [0.15, 0.2) is 0 Å². The number of rotatable bonds is 1. The fourth-order valence-electron chi connectivity index (χ4n) is 1.35. The van der Waals surface area contributed by atoms with E-state index in [9.17, 15) is 5.11 Å². The fourth-order valence-corrected chi connectivity index (χ4v) is 1.35. The number of nitrogens with one attached hydrogen (secondary N) is 1. The van der Waals surface area contributed by atoms with E-state index in [1.807, 2.05) is 6.07 Å². The number of nitrogens with two attached hydrogens (primary N) is 1. The van der Waals surface area contributed by atoms with Gasteiger partial charge in [0.05, 0.1) is 0 Å². The van der Waals surface area contributed by atoms with Crippen molar-refractivity contribution in [1.29, 1.82) is 0 Å². The number of anilines is 1. The van der Waals surface area contributed by atoms with E-state index in [2.05, 4.69) is 4.98 Å². The zero-order chi connectivity index (χ0) is 9.26. The molecule has 66 valence electrons. The Morgan fingerprint density at radius 2 is 2.08 bits per heavy atom. The van der Waals surface area contributed by atoms with Crippen molar-refractivity contribution in [2.24, 2.45) is 0 Å². The van der Waals surface area contributed by atoms with Gasteiger partial charge in [-0.1, -0.05) is 6.07 Å². The number of benzene rings is 1. The Hall–Kier alpha value is -1.90. The summed E-state index contributed by atoms with van der Waals surface area (Å²) >= 11 is 0. The number of hydrogen-bond donors (Lipinski definition) is 3. The van der Waals surface area contributed by atoms with Crippen LogP contribution in [0.5, 0.6) is 5.75 Å². The van der Waals surface area contributed by atoms with E-state index < -0.39 is 0 Å². The maximum atomic E-state index is 9.57.